The van der Waals surface area contributed by atoms with Crippen LogP contribution in [0.3, 0.4) is 0 Å². The van der Waals surface area contributed by atoms with Crippen molar-refractivity contribution < 1.29 is 0 Å². The summed E-state index contributed by atoms with van der Waals surface area (Å²) in [5.74, 6) is 3.45. The second kappa shape index (κ2) is 6.02. The molecule has 2 N–H and O–H groups in total. The number of hydrogen-bond donors (Lipinski definition) is 1. The molecule has 1 aliphatic rings. The first-order valence-electron chi connectivity index (χ1n) is 6.03. The van der Waals surface area contributed by atoms with Crippen molar-refractivity contribution in [2.45, 2.75) is 57.9 Å². The summed E-state index contributed by atoms with van der Waals surface area (Å²) in [5, 5.41) is 0. The number of rotatable bonds is 5. The Labute approximate surface area is 93.2 Å². The van der Waals surface area contributed by atoms with E-state index in [2.05, 4.69) is 13.8 Å². The Kier molecular flexibility index (Phi) is 5.32. The van der Waals surface area contributed by atoms with Crippen LogP contribution < -0.4 is 5.73 Å². The lowest BCUT2D eigenvalue weighted by atomic mass is 9.75. The molecule has 0 atom stereocenters. The number of hydrogen-bond acceptors (Lipinski definition) is 2. The minimum absolute atomic E-state index is 0.195. The van der Waals surface area contributed by atoms with E-state index in [0.717, 1.165) is 5.92 Å². The first-order valence-corrected chi connectivity index (χ1v) is 7.18. The van der Waals surface area contributed by atoms with Crippen LogP contribution in [0.5, 0.6) is 0 Å². The lowest BCUT2D eigenvalue weighted by Gasteiger charge is -2.36. The summed E-state index contributed by atoms with van der Waals surface area (Å²) in [6.45, 7) is 4.58. The van der Waals surface area contributed by atoms with E-state index in [-0.39, 0.29) is 5.54 Å². The molecule has 0 radical (unpaired) electrons. The van der Waals surface area contributed by atoms with Gasteiger partial charge >= 0.3 is 0 Å². The molecule has 0 amide bonds. The smallest absolute Gasteiger partial charge is 0.0154 e. The van der Waals surface area contributed by atoms with Crippen LogP contribution in [0.4, 0.5) is 0 Å². The standard InChI is InChI=1S/C12H25NS/c1-3-14-10-4-7-12(13)8-5-11(2)6-9-12/h11H,3-10,13H2,1-2H3. The zero-order valence-corrected chi connectivity index (χ0v) is 10.5. The summed E-state index contributed by atoms with van der Waals surface area (Å²) in [7, 11) is 0. The summed E-state index contributed by atoms with van der Waals surface area (Å²) < 4.78 is 0. The fraction of sp³-hybridized carbons (Fsp3) is 1.00. The first-order chi connectivity index (χ1) is 6.66. The van der Waals surface area contributed by atoms with Crippen molar-refractivity contribution in [2.24, 2.45) is 11.7 Å². The molecule has 0 aromatic carbocycles. The molecule has 0 aromatic rings. The van der Waals surface area contributed by atoms with Crippen molar-refractivity contribution in [3.8, 4) is 0 Å². The Balaban J connectivity index is 2.15. The highest BCUT2D eigenvalue weighted by Gasteiger charge is 2.29. The van der Waals surface area contributed by atoms with E-state index >= 15 is 0 Å². The van der Waals surface area contributed by atoms with E-state index in [1.807, 2.05) is 11.8 Å². The minimum atomic E-state index is 0.195. The van der Waals surface area contributed by atoms with E-state index < -0.39 is 0 Å². The molecule has 0 unspecified atom stereocenters. The minimum Gasteiger partial charge on any atom is -0.325 e. The average molecular weight is 215 g/mol. The third kappa shape index (κ3) is 4.22. The Morgan fingerprint density at radius 1 is 1.36 bits per heavy atom. The van der Waals surface area contributed by atoms with E-state index in [4.69, 9.17) is 5.73 Å². The van der Waals surface area contributed by atoms with Crippen LogP contribution >= 0.6 is 11.8 Å². The molecule has 1 aliphatic carbocycles. The molecule has 0 bridgehead atoms. The van der Waals surface area contributed by atoms with Crippen molar-refractivity contribution >= 4 is 11.8 Å². The quantitative estimate of drug-likeness (QED) is 0.711. The van der Waals surface area contributed by atoms with Gasteiger partial charge in [-0.2, -0.15) is 11.8 Å². The van der Waals surface area contributed by atoms with Gasteiger partial charge in [-0.25, -0.2) is 0 Å². The van der Waals surface area contributed by atoms with Gasteiger partial charge < -0.3 is 5.73 Å². The lowest BCUT2D eigenvalue weighted by molar-refractivity contribution is 0.231. The van der Waals surface area contributed by atoms with Crippen molar-refractivity contribution in [2.75, 3.05) is 11.5 Å². The highest BCUT2D eigenvalue weighted by Crippen LogP contribution is 2.33. The second-order valence-electron chi connectivity index (χ2n) is 4.85. The largest absolute Gasteiger partial charge is 0.325 e. The van der Waals surface area contributed by atoms with Gasteiger partial charge in [-0.05, 0) is 55.9 Å². The van der Waals surface area contributed by atoms with Crippen LogP contribution in [0.15, 0.2) is 0 Å². The van der Waals surface area contributed by atoms with Crippen LogP contribution in [-0.4, -0.2) is 17.0 Å². The number of nitrogens with two attached hydrogens (primary N) is 1. The molecule has 0 heterocycles. The van der Waals surface area contributed by atoms with E-state index in [0.29, 0.717) is 0 Å². The summed E-state index contributed by atoms with van der Waals surface area (Å²) >= 11 is 2.04. The fourth-order valence-electron chi connectivity index (χ4n) is 2.26. The molecule has 2 heteroatoms. The Morgan fingerprint density at radius 2 is 2.00 bits per heavy atom. The van der Waals surface area contributed by atoms with Gasteiger partial charge in [-0.15, -0.1) is 0 Å². The molecule has 14 heavy (non-hydrogen) atoms. The maximum atomic E-state index is 6.39. The molecular weight excluding hydrogens is 190 g/mol. The Morgan fingerprint density at radius 3 is 2.57 bits per heavy atom. The van der Waals surface area contributed by atoms with Gasteiger partial charge in [0.1, 0.15) is 0 Å². The summed E-state index contributed by atoms with van der Waals surface area (Å²) in [5.41, 5.74) is 6.59. The lowest BCUT2D eigenvalue weighted by Crippen LogP contribution is -2.43. The summed E-state index contributed by atoms with van der Waals surface area (Å²) in [6.07, 6.45) is 7.75. The zero-order chi connectivity index (χ0) is 10.4. The van der Waals surface area contributed by atoms with Crippen LogP contribution in [0.1, 0.15) is 52.4 Å². The van der Waals surface area contributed by atoms with Crippen molar-refractivity contribution in [3.63, 3.8) is 0 Å². The Bertz CT molecular complexity index is 150. The zero-order valence-electron chi connectivity index (χ0n) is 9.72. The average Bonchev–Trinajstić information content (AvgIpc) is 2.18. The third-order valence-electron chi connectivity index (χ3n) is 3.44. The molecule has 0 saturated heterocycles. The maximum Gasteiger partial charge on any atom is 0.0154 e. The van der Waals surface area contributed by atoms with Gasteiger partial charge in [0.15, 0.2) is 0 Å². The predicted octanol–water partition coefficient (Wildman–Crippen LogP) is 3.43. The van der Waals surface area contributed by atoms with Gasteiger partial charge in [0, 0.05) is 5.54 Å². The third-order valence-corrected chi connectivity index (χ3v) is 4.42. The molecular formula is C12H25NS. The van der Waals surface area contributed by atoms with Crippen LogP contribution in [-0.2, 0) is 0 Å². The van der Waals surface area contributed by atoms with Gasteiger partial charge in [-0.3, -0.25) is 0 Å². The molecule has 0 aromatic heterocycles. The molecule has 1 fully saturated rings. The highest BCUT2D eigenvalue weighted by molar-refractivity contribution is 7.99. The van der Waals surface area contributed by atoms with Crippen LogP contribution in [0, 0.1) is 5.92 Å². The van der Waals surface area contributed by atoms with Gasteiger partial charge in [-0.1, -0.05) is 13.8 Å². The van der Waals surface area contributed by atoms with Gasteiger partial charge in [0.2, 0.25) is 0 Å². The van der Waals surface area contributed by atoms with Crippen molar-refractivity contribution in [1.82, 2.24) is 0 Å². The molecule has 0 spiro atoms. The second-order valence-corrected chi connectivity index (χ2v) is 6.24. The van der Waals surface area contributed by atoms with Crippen molar-refractivity contribution in [1.29, 1.82) is 0 Å². The Hall–Kier alpha value is 0.310. The topological polar surface area (TPSA) is 26.0 Å². The fourth-order valence-corrected chi connectivity index (χ4v) is 2.89. The molecule has 84 valence electrons. The van der Waals surface area contributed by atoms with E-state index in [1.54, 1.807) is 0 Å². The summed E-state index contributed by atoms with van der Waals surface area (Å²) in [4.78, 5) is 0. The number of thioether (sulfide) groups is 1. The van der Waals surface area contributed by atoms with Crippen LogP contribution in [0.25, 0.3) is 0 Å². The molecule has 0 aliphatic heterocycles. The van der Waals surface area contributed by atoms with Gasteiger partial charge in [0.25, 0.3) is 0 Å². The van der Waals surface area contributed by atoms with Crippen LogP contribution in [0.2, 0.25) is 0 Å². The van der Waals surface area contributed by atoms with E-state index in [1.165, 1.54) is 50.0 Å². The highest BCUT2D eigenvalue weighted by atomic mass is 32.2. The molecule has 1 rings (SSSR count). The maximum absolute atomic E-state index is 6.39. The van der Waals surface area contributed by atoms with E-state index in [9.17, 15) is 0 Å². The van der Waals surface area contributed by atoms with Crippen molar-refractivity contribution in [3.05, 3.63) is 0 Å². The summed E-state index contributed by atoms with van der Waals surface area (Å²) in [6, 6.07) is 0. The molecule has 1 nitrogen and oxygen atoms in total. The predicted molar refractivity (Wildman–Crippen MR) is 66.8 cm³/mol. The normalized spacial score (nSPS) is 33.2. The first kappa shape index (κ1) is 12.4. The molecule has 1 saturated carbocycles. The van der Waals surface area contributed by atoms with Gasteiger partial charge in [0.05, 0.1) is 0 Å². The monoisotopic (exact) mass is 215 g/mol. The SMILES string of the molecule is CCSCCCC1(N)CCC(C)CC1.